The van der Waals surface area contributed by atoms with E-state index in [0.717, 1.165) is 13.1 Å². The zero-order valence-corrected chi connectivity index (χ0v) is 9.49. The summed E-state index contributed by atoms with van der Waals surface area (Å²) in [6.45, 7) is 1.92. The Morgan fingerprint density at radius 3 is 1.67 bits per heavy atom. The molecule has 1 saturated carbocycles. The van der Waals surface area contributed by atoms with Crippen LogP contribution in [0.4, 0.5) is 22.0 Å². The molecule has 0 aromatic carbocycles. The molecule has 0 atom stereocenters. The van der Waals surface area contributed by atoms with Gasteiger partial charge >= 0.3 is 12.1 Å². The normalized spacial score (nSPS) is 24.7. The van der Waals surface area contributed by atoms with E-state index >= 15 is 0 Å². The van der Waals surface area contributed by atoms with Gasteiger partial charge in [-0.15, -0.1) is 0 Å². The van der Waals surface area contributed by atoms with E-state index in [0.29, 0.717) is 12.8 Å². The van der Waals surface area contributed by atoms with E-state index in [4.69, 9.17) is 9.90 Å². The van der Waals surface area contributed by atoms with Crippen molar-refractivity contribution in [3.05, 3.63) is 0 Å². The van der Waals surface area contributed by atoms with Gasteiger partial charge in [-0.1, -0.05) is 0 Å². The second kappa shape index (κ2) is 4.99. The highest BCUT2D eigenvalue weighted by molar-refractivity contribution is 5.73. The highest BCUT2D eigenvalue weighted by Gasteiger charge is 2.46. The summed E-state index contributed by atoms with van der Waals surface area (Å²) in [6, 6.07) is 0. The van der Waals surface area contributed by atoms with Gasteiger partial charge in [0.15, 0.2) is 0 Å². The molecule has 0 radical (unpaired) electrons. The third kappa shape index (κ3) is 4.08. The average Bonchev–Trinajstić information content (AvgIpc) is 2.14. The zero-order valence-electron chi connectivity index (χ0n) is 9.49. The van der Waals surface area contributed by atoms with Crippen molar-refractivity contribution >= 4 is 5.97 Å². The number of halogens is 5. The first-order chi connectivity index (χ1) is 8.06. The summed E-state index contributed by atoms with van der Waals surface area (Å²) in [4.78, 5) is 8.90. The molecule has 0 unspecified atom stereocenters. The number of hydrogen-bond donors (Lipinski definition) is 2. The lowest BCUT2D eigenvalue weighted by molar-refractivity contribution is -0.192. The number of carboxylic acids is 1. The van der Waals surface area contributed by atoms with Crippen LogP contribution in [0.15, 0.2) is 0 Å². The number of hydrogen-bond acceptors (Lipinski definition) is 2. The molecule has 1 saturated heterocycles. The van der Waals surface area contributed by atoms with Crippen molar-refractivity contribution < 1.29 is 31.9 Å². The third-order valence-electron chi connectivity index (χ3n) is 3.28. The molecule has 1 spiro atoms. The topological polar surface area (TPSA) is 49.3 Å². The van der Waals surface area contributed by atoms with E-state index in [-0.39, 0.29) is 18.3 Å². The fourth-order valence-electron chi connectivity index (χ4n) is 1.98. The summed E-state index contributed by atoms with van der Waals surface area (Å²) in [5.74, 6) is -5.12. The summed E-state index contributed by atoms with van der Waals surface area (Å²) in [6.07, 6.45) is -3.44. The molecule has 0 bridgehead atoms. The number of rotatable bonds is 0. The van der Waals surface area contributed by atoms with Crippen LogP contribution in [0.1, 0.15) is 25.7 Å². The Kier molecular flexibility index (Phi) is 4.19. The molecule has 0 aromatic heterocycles. The first-order valence-electron chi connectivity index (χ1n) is 5.45. The number of carboxylic acid groups (broad SMARTS) is 1. The third-order valence-corrected chi connectivity index (χ3v) is 3.28. The Bertz CT molecular complexity index is 300. The van der Waals surface area contributed by atoms with Crippen molar-refractivity contribution in [3.8, 4) is 0 Å². The predicted octanol–water partition coefficient (Wildman–Crippen LogP) is 2.42. The molecule has 1 heterocycles. The lowest BCUT2D eigenvalue weighted by atomic mass is 9.69. The van der Waals surface area contributed by atoms with Crippen LogP contribution >= 0.6 is 0 Å². The van der Waals surface area contributed by atoms with Gasteiger partial charge in [-0.05, 0) is 18.3 Å². The maximum Gasteiger partial charge on any atom is 0.490 e. The van der Waals surface area contributed by atoms with Crippen molar-refractivity contribution in [1.29, 1.82) is 0 Å². The largest absolute Gasteiger partial charge is 0.490 e. The lowest BCUT2D eigenvalue weighted by Gasteiger charge is -2.47. The van der Waals surface area contributed by atoms with Crippen LogP contribution < -0.4 is 5.32 Å². The summed E-state index contributed by atoms with van der Waals surface area (Å²) in [5, 5.41) is 10.3. The summed E-state index contributed by atoms with van der Waals surface area (Å²) in [5.41, 5.74) is 0.266. The molecule has 0 amide bonds. The van der Waals surface area contributed by atoms with Gasteiger partial charge in [0, 0.05) is 25.9 Å². The maximum atomic E-state index is 12.7. The van der Waals surface area contributed by atoms with Gasteiger partial charge in [0.2, 0.25) is 5.92 Å². The second-order valence-corrected chi connectivity index (χ2v) is 4.76. The fourth-order valence-corrected chi connectivity index (χ4v) is 1.98. The molecule has 2 N–H and O–H groups in total. The van der Waals surface area contributed by atoms with Crippen molar-refractivity contribution in [2.24, 2.45) is 5.41 Å². The monoisotopic (exact) mass is 275 g/mol. The first kappa shape index (κ1) is 15.1. The fraction of sp³-hybridized carbons (Fsp3) is 0.900. The highest BCUT2D eigenvalue weighted by atomic mass is 19.4. The Morgan fingerprint density at radius 1 is 1.06 bits per heavy atom. The number of aliphatic carboxylic acids is 1. The molecule has 106 valence electrons. The van der Waals surface area contributed by atoms with E-state index in [9.17, 15) is 22.0 Å². The summed E-state index contributed by atoms with van der Waals surface area (Å²) < 4.78 is 57.1. The minimum atomic E-state index is -5.08. The zero-order chi connectivity index (χ0) is 14.0. The van der Waals surface area contributed by atoms with Crippen LogP contribution in [0.5, 0.6) is 0 Å². The van der Waals surface area contributed by atoms with Crippen molar-refractivity contribution in [1.82, 2.24) is 5.32 Å². The highest BCUT2D eigenvalue weighted by Crippen LogP contribution is 2.45. The predicted molar refractivity (Wildman–Crippen MR) is 52.4 cm³/mol. The molecule has 1 aliphatic carbocycles. The van der Waals surface area contributed by atoms with E-state index in [1.807, 2.05) is 0 Å². The van der Waals surface area contributed by atoms with Crippen LogP contribution in [-0.2, 0) is 4.79 Å². The lowest BCUT2D eigenvalue weighted by Crippen LogP contribution is -2.55. The second-order valence-electron chi connectivity index (χ2n) is 4.76. The number of carbonyl (C=O) groups is 1. The van der Waals surface area contributed by atoms with Crippen molar-refractivity contribution in [2.45, 2.75) is 37.8 Å². The van der Waals surface area contributed by atoms with E-state index in [1.54, 1.807) is 0 Å². The summed E-state index contributed by atoms with van der Waals surface area (Å²) >= 11 is 0. The van der Waals surface area contributed by atoms with Crippen LogP contribution in [-0.4, -0.2) is 36.3 Å². The number of alkyl halides is 5. The van der Waals surface area contributed by atoms with Crippen LogP contribution in [0, 0.1) is 5.41 Å². The van der Waals surface area contributed by atoms with Gasteiger partial charge in [-0.25, -0.2) is 13.6 Å². The van der Waals surface area contributed by atoms with Gasteiger partial charge in [0.25, 0.3) is 0 Å². The molecular weight excluding hydrogens is 261 g/mol. The standard InChI is InChI=1S/C8H13F2N.C2HF3O2/c9-8(10)3-1-7(2-4-8)5-11-6-7;3-2(4,5)1(6)7/h11H,1-6H2;(H,6,7). The molecule has 1 aliphatic heterocycles. The van der Waals surface area contributed by atoms with Gasteiger partial charge < -0.3 is 10.4 Å². The van der Waals surface area contributed by atoms with Crippen molar-refractivity contribution in [2.75, 3.05) is 13.1 Å². The van der Waals surface area contributed by atoms with E-state index in [1.165, 1.54) is 0 Å². The van der Waals surface area contributed by atoms with E-state index in [2.05, 4.69) is 5.32 Å². The molecule has 0 aromatic rings. The molecule has 2 rings (SSSR count). The molecule has 18 heavy (non-hydrogen) atoms. The minimum absolute atomic E-state index is 0.106. The SMILES string of the molecule is FC1(F)CCC2(CC1)CNC2.O=C(O)C(F)(F)F. The van der Waals surface area contributed by atoms with Crippen LogP contribution in [0.3, 0.4) is 0 Å². The van der Waals surface area contributed by atoms with Crippen molar-refractivity contribution in [3.63, 3.8) is 0 Å². The Hall–Kier alpha value is -0.920. The number of nitrogens with one attached hydrogen (secondary N) is 1. The van der Waals surface area contributed by atoms with Crippen LogP contribution in [0.25, 0.3) is 0 Å². The van der Waals surface area contributed by atoms with Gasteiger partial charge in [-0.3, -0.25) is 0 Å². The maximum absolute atomic E-state index is 12.7. The summed E-state index contributed by atoms with van der Waals surface area (Å²) in [7, 11) is 0. The Labute approximate surface area is 100 Å². The Morgan fingerprint density at radius 2 is 1.44 bits per heavy atom. The Balaban J connectivity index is 0.000000203. The van der Waals surface area contributed by atoms with Crippen LogP contribution in [0.2, 0.25) is 0 Å². The van der Waals surface area contributed by atoms with E-state index < -0.39 is 18.1 Å². The molecule has 2 fully saturated rings. The first-order valence-corrected chi connectivity index (χ1v) is 5.45. The quantitative estimate of drug-likeness (QED) is 0.667. The average molecular weight is 275 g/mol. The molecule has 3 nitrogen and oxygen atoms in total. The van der Waals surface area contributed by atoms with Gasteiger partial charge in [0.1, 0.15) is 0 Å². The molecule has 2 aliphatic rings. The van der Waals surface area contributed by atoms with Gasteiger partial charge in [-0.2, -0.15) is 13.2 Å². The molecular formula is C10H14F5NO2. The smallest absolute Gasteiger partial charge is 0.475 e. The minimum Gasteiger partial charge on any atom is -0.475 e. The molecule has 8 heteroatoms. The van der Waals surface area contributed by atoms with Gasteiger partial charge in [0.05, 0.1) is 0 Å².